The Kier molecular flexibility index (Phi) is 4.18. The van der Waals surface area contributed by atoms with Gasteiger partial charge >= 0.3 is 6.01 Å². The van der Waals surface area contributed by atoms with Gasteiger partial charge in [0, 0.05) is 18.7 Å². The molecule has 1 aliphatic heterocycles. The third-order valence-corrected chi connectivity index (χ3v) is 3.98. The van der Waals surface area contributed by atoms with Gasteiger partial charge in [0.15, 0.2) is 11.5 Å². The molecule has 0 radical (unpaired) electrons. The van der Waals surface area contributed by atoms with Crippen LogP contribution in [0.1, 0.15) is 19.8 Å². The lowest BCUT2D eigenvalue weighted by molar-refractivity contribution is 0.355. The number of aromatic nitrogens is 2. The molecule has 0 bridgehead atoms. The van der Waals surface area contributed by atoms with Gasteiger partial charge in [-0.2, -0.15) is 4.98 Å². The van der Waals surface area contributed by atoms with Crippen LogP contribution < -0.4 is 14.4 Å². The van der Waals surface area contributed by atoms with Gasteiger partial charge in [-0.3, -0.25) is 0 Å². The zero-order valence-electron chi connectivity index (χ0n) is 13.2. The predicted molar refractivity (Wildman–Crippen MR) is 83.4 cm³/mol. The molecule has 1 aromatic heterocycles. The van der Waals surface area contributed by atoms with Gasteiger partial charge in [-0.15, -0.1) is 0 Å². The van der Waals surface area contributed by atoms with Gasteiger partial charge in [-0.05, 0) is 37.0 Å². The monoisotopic (exact) mass is 303 g/mol. The summed E-state index contributed by atoms with van der Waals surface area (Å²) in [6.45, 7) is 4.18. The lowest BCUT2D eigenvalue weighted by Gasteiger charge is -2.28. The third kappa shape index (κ3) is 2.86. The Morgan fingerprint density at radius 2 is 2.05 bits per heavy atom. The largest absolute Gasteiger partial charge is 0.493 e. The molecule has 1 saturated heterocycles. The Hall–Kier alpha value is -2.24. The van der Waals surface area contributed by atoms with E-state index in [0.717, 1.165) is 25.1 Å². The fraction of sp³-hybridized carbons (Fsp3) is 0.500. The Morgan fingerprint density at radius 1 is 1.23 bits per heavy atom. The van der Waals surface area contributed by atoms with Crippen molar-refractivity contribution in [3.05, 3.63) is 18.2 Å². The second kappa shape index (κ2) is 6.25. The van der Waals surface area contributed by atoms with E-state index < -0.39 is 0 Å². The molecule has 0 spiro atoms. The van der Waals surface area contributed by atoms with Crippen molar-refractivity contribution in [1.82, 2.24) is 10.1 Å². The second-order valence-corrected chi connectivity index (χ2v) is 5.66. The SMILES string of the molecule is COc1ccc(-c2noc(N3CCCC(C)C3)n2)cc1OC. The maximum atomic E-state index is 5.43. The number of rotatable bonds is 4. The summed E-state index contributed by atoms with van der Waals surface area (Å²) in [4.78, 5) is 6.68. The van der Waals surface area contributed by atoms with E-state index >= 15 is 0 Å². The summed E-state index contributed by atoms with van der Waals surface area (Å²) in [7, 11) is 3.22. The molecule has 1 atom stereocenters. The first-order valence-electron chi connectivity index (χ1n) is 7.52. The first kappa shape index (κ1) is 14.7. The van der Waals surface area contributed by atoms with Crippen LogP contribution in [0.5, 0.6) is 11.5 Å². The Labute approximate surface area is 130 Å². The van der Waals surface area contributed by atoms with E-state index in [4.69, 9.17) is 14.0 Å². The standard InChI is InChI=1S/C16H21N3O3/c1-11-5-4-8-19(10-11)16-17-15(18-22-16)12-6-7-13(20-2)14(9-12)21-3/h6-7,9,11H,4-5,8,10H2,1-3H3. The average molecular weight is 303 g/mol. The molecule has 118 valence electrons. The van der Waals surface area contributed by atoms with Crippen molar-refractivity contribution in [3.63, 3.8) is 0 Å². The molecule has 1 fully saturated rings. The van der Waals surface area contributed by atoms with E-state index in [0.29, 0.717) is 29.3 Å². The zero-order chi connectivity index (χ0) is 15.5. The lowest BCUT2D eigenvalue weighted by Crippen LogP contribution is -2.34. The minimum atomic E-state index is 0.564. The van der Waals surface area contributed by atoms with Crippen LogP contribution in [0, 0.1) is 5.92 Å². The van der Waals surface area contributed by atoms with Crippen molar-refractivity contribution in [2.75, 3.05) is 32.2 Å². The molecule has 1 aliphatic rings. The van der Waals surface area contributed by atoms with Crippen molar-refractivity contribution in [2.24, 2.45) is 5.92 Å². The van der Waals surface area contributed by atoms with Crippen molar-refractivity contribution in [2.45, 2.75) is 19.8 Å². The van der Waals surface area contributed by atoms with Crippen molar-refractivity contribution < 1.29 is 14.0 Å². The molecule has 2 aromatic rings. The Morgan fingerprint density at radius 3 is 2.77 bits per heavy atom. The summed E-state index contributed by atoms with van der Waals surface area (Å²) in [5.41, 5.74) is 0.845. The molecule has 0 amide bonds. The number of nitrogens with zero attached hydrogens (tertiary/aromatic N) is 3. The zero-order valence-corrected chi connectivity index (χ0v) is 13.2. The van der Waals surface area contributed by atoms with E-state index in [1.165, 1.54) is 6.42 Å². The predicted octanol–water partition coefficient (Wildman–Crippen LogP) is 2.99. The van der Waals surface area contributed by atoms with Gasteiger partial charge in [-0.1, -0.05) is 12.1 Å². The Bertz CT molecular complexity index is 641. The minimum Gasteiger partial charge on any atom is -0.493 e. The fourth-order valence-electron chi connectivity index (χ4n) is 2.80. The van der Waals surface area contributed by atoms with Gasteiger partial charge < -0.3 is 18.9 Å². The van der Waals surface area contributed by atoms with E-state index in [1.807, 2.05) is 18.2 Å². The highest BCUT2D eigenvalue weighted by Crippen LogP contribution is 2.32. The maximum Gasteiger partial charge on any atom is 0.324 e. The fourth-order valence-corrected chi connectivity index (χ4v) is 2.80. The van der Waals surface area contributed by atoms with E-state index in [9.17, 15) is 0 Å². The summed E-state index contributed by atoms with van der Waals surface area (Å²) in [5.74, 6) is 2.55. The molecular formula is C16H21N3O3. The highest BCUT2D eigenvalue weighted by Gasteiger charge is 2.22. The van der Waals surface area contributed by atoms with E-state index in [-0.39, 0.29) is 0 Å². The summed E-state index contributed by atoms with van der Waals surface area (Å²) >= 11 is 0. The summed E-state index contributed by atoms with van der Waals surface area (Å²) < 4.78 is 16.0. The van der Waals surface area contributed by atoms with E-state index in [1.54, 1.807) is 14.2 Å². The van der Waals surface area contributed by atoms with Gasteiger partial charge in [0.2, 0.25) is 5.82 Å². The number of anilines is 1. The summed E-state index contributed by atoms with van der Waals surface area (Å²) in [6.07, 6.45) is 2.42. The highest BCUT2D eigenvalue weighted by molar-refractivity contribution is 5.61. The van der Waals surface area contributed by atoms with Gasteiger partial charge in [-0.25, -0.2) is 0 Å². The molecule has 6 nitrogen and oxygen atoms in total. The normalized spacial score (nSPS) is 18.3. The minimum absolute atomic E-state index is 0.564. The second-order valence-electron chi connectivity index (χ2n) is 5.66. The highest BCUT2D eigenvalue weighted by atomic mass is 16.5. The molecular weight excluding hydrogens is 282 g/mol. The topological polar surface area (TPSA) is 60.6 Å². The first-order chi connectivity index (χ1) is 10.7. The van der Waals surface area contributed by atoms with Crippen molar-refractivity contribution in [3.8, 4) is 22.9 Å². The van der Waals surface area contributed by atoms with Crippen molar-refractivity contribution >= 4 is 6.01 Å². The van der Waals surface area contributed by atoms with Gasteiger partial charge in [0.1, 0.15) is 0 Å². The molecule has 3 rings (SSSR count). The van der Waals surface area contributed by atoms with Crippen LogP contribution in [-0.2, 0) is 0 Å². The van der Waals surface area contributed by atoms with Gasteiger partial charge in [0.25, 0.3) is 0 Å². The molecule has 0 N–H and O–H groups in total. The summed E-state index contributed by atoms with van der Waals surface area (Å²) in [6, 6.07) is 6.19. The van der Waals surface area contributed by atoms with Gasteiger partial charge in [0.05, 0.1) is 14.2 Å². The average Bonchev–Trinajstić information content (AvgIpc) is 3.04. The molecule has 1 unspecified atom stereocenters. The van der Waals surface area contributed by atoms with Crippen LogP contribution in [-0.4, -0.2) is 37.4 Å². The first-order valence-corrected chi connectivity index (χ1v) is 7.52. The summed E-state index contributed by atoms with van der Waals surface area (Å²) in [5, 5.41) is 4.09. The maximum absolute atomic E-state index is 5.43. The van der Waals surface area contributed by atoms with E-state index in [2.05, 4.69) is 22.0 Å². The number of piperidine rings is 1. The Balaban J connectivity index is 1.84. The molecule has 0 saturated carbocycles. The lowest BCUT2D eigenvalue weighted by atomic mass is 10.0. The van der Waals surface area contributed by atoms with Crippen LogP contribution in [0.15, 0.2) is 22.7 Å². The number of hydrogen-bond donors (Lipinski definition) is 0. The number of benzene rings is 1. The van der Waals surface area contributed by atoms with Crippen LogP contribution >= 0.6 is 0 Å². The molecule has 6 heteroatoms. The van der Waals surface area contributed by atoms with Crippen LogP contribution in [0.25, 0.3) is 11.4 Å². The molecule has 2 heterocycles. The van der Waals surface area contributed by atoms with Crippen LogP contribution in [0.3, 0.4) is 0 Å². The number of hydrogen-bond acceptors (Lipinski definition) is 6. The molecule has 22 heavy (non-hydrogen) atoms. The van der Waals surface area contributed by atoms with Crippen LogP contribution in [0.2, 0.25) is 0 Å². The van der Waals surface area contributed by atoms with Crippen LogP contribution in [0.4, 0.5) is 6.01 Å². The molecule has 0 aliphatic carbocycles. The third-order valence-electron chi connectivity index (χ3n) is 3.98. The molecule has 1 aromatic carbocycles. The number of ether oxygens (including phenoxy) is 2. The smallest absolute Gasteiger partial charge is 0.324 e. The number of methoxy groups -OCH3 is 2. The quantitative estimate of drug-likeness (QED) is 0.865. The van der Waals surface area contributed by atoms with Crippen molar-refractivity contribution in [1.29, 1.82) is 0 Å².